The molecule has 2 N–H and O–H groups in total. The molecular weight excluding hydrogens is 479 g/mol. The van der Waals surface area contributed by atoms with Gasteiger partial charge in [-0.05, 0) is 36.2 Å². The predicted octanol–water partition coefficient (Wildman–Crippen LogP) is 2.94. The van der Waals surface area contributed by atoms with Gasteiger partial charge in [-0.2, -0.15) is 5.10 Å². The number of para-hydroxylation sites is 1. The van der Waals surface area contributed by atoms with Gasteiger partial charge in [0.25, 0.3) is 0 Å². The zero-order chi connectivity index (χ0) is 19.2. The number of aliphatic imine (C=N–C) groups is 1. The van der Waals surface area contributed by atoms with Crippen LogP contribution in [0.4, 0.5) is 0 Å². The van der Waals surface area contributed by atoms with Crippen LogP contribution in [0.25, 0.3) is 5.69 Å². The minimum Gasteiger partial charge on any atom is -0.488 e. The van der Waals surface area contributed by atoms with Crippen LogP contribution < -0.4 is 15.4 Å². The fraction of sp³-hybridized carbons (Fsp3) is 0.286. The Kier molecular flexibility index (Phi) is 7.45. The maximum Gasteiger partial charge on any atom is 0.191 e. The van der Waals surface area contributed by atoms with E-state index < -0.39 is 0 Å². The predicted molar refractivity (Wildman–Crippen MR) is 124 cm³/mol. The Hall–Kier alpha value is -2.62. The number of nitrogens with zero attached hydrogens (tertiary/aromatic N) is 4. The number of hydrogen-bond donors (Lipinski definition) is 2. The first-order chi connectivity index (χ1) is 13.8. The van der Waals surface area contributed by atoms with Crippen molar-refractivity contribution < 1.29 is 4.74 Å². The third-order valence-corrected chi connectivity index (χ3v) is 4.59. The zero-order valence-corrected chi connectivity index (χ0v) is 18.6. The van der Waals surface area contributed by atoms with Crippen molar-refractivity contribution in [3.63, 3.8) is 0 Å². The number of rotatable bonds is 6. The topological polar surface area (TPSA) is 76.4 Å². The molecule has 0 bridgehead atoms. The Morgan fingerprint density at radius 2 is 2.00 bits per heavy atom. The lowest BCUT2D eigenvalue weighted by Crippen LogP contribution is -2.42. The molecule has 7 nitrogen and oxygen atoms in total. The summed E-state index contributed by atoms with van der Waals surface area (Å²) in [6, 6.07) is 16.4. The van der Waals surface area contributed by atoms with Crippen molar-refractivity contribution in [3.8, 4) is 11.4 Å². The third-order valence-electron chi connectivity index (χ3n) is 4.59. The Bertz CT molecular complexity index is 902. The second kappa shape index (κ2) is 10.2. The average Bonchev–Trinajstić information content (AvgIpc) is 3.40. The number of aromatic nitrogens is 3. The fourth-order valence-electron chi connectivity index (χ4n) is 3.19. The quantitative estimate of drug-likeness (QED) is 0.307. The summed E-state index contributed by atoms with van der Waals surface area (Å²) < 4.78 is 7.72. The molecule has 1 atom stereocenters. The van der Waals surface area contributed by atoms with Gasteiger partial charge in [0.05, 0.1) is 18.8 Å². The van der Waals surface area contributed by atoms with Crippen LogP contribution >= 0.6 is 24.0 Å². The molecule has 0 spiro atoms. The molecule has 1 aromatic heterocycles. The maximum atomic E-state index is 5.99. The molecule has 29 heavy (non-hydrogen) atoms. The summed E-state index contributed by atoms with van der Waals surface area (Å²) in [5, 5.41) is 10.8. The Labute approximate surface area is 187 Å². The van der Waals surface area contributed by atoms with Gasteiger partial charge >= 0.3 is 0 Å². The van der Waals surface area contributed by atoms with Crippen LogP contribution in [0, 0.1) is 0 Å². The normalized spacial score (nSPS) is 15.2. The van der Waals surface area contributed by atoms with E-state index in [-0.39, 0.29) is 30.1 Å². The van der Waals surface area contributed by atoms with Crippen molar-refractivity contribution in [1.82, 2.24) is 25.4 Å². The van der Waals surface area contributed by atoms with E-state index >= 15 is 0 Å². The molecule has 0 aliphatic carbocycles. The summed E-state index contributed by atoms with van der Waals surface area (Å²) in [4.78, 5) is 8.66. The zero-order valence-electron chi connectivity index (χ0n) is 16.3. The number of nitrogens with one attached hydrogen (secondary N) is 2. The van der Waals surface area contributed by atoms with Crippen LogP contribution in [0.1, 0.15) is 18.1 Å². The summed E-state index contributed by atoms with van der Waals surface area (Å²) in [5.74, 6) is 1.78. The first kappa shape index (κ1) is 21.1. The molecule has 1 aliphatic rings. The summed E-state index contributed by atoms with van der Waals surface area (Å²) >= 11 is 0. The minimum atomic E-state index is 0. The van der Waals surface area contributed by atoms with E-state index in [0.29, 0.717) is 13.1 Å². The van der Waals surface area contributed by atoms with Gasteiger partial charge in [-0.1, -0.05) is 30.3 Å². The molecule has 0 saturated carbocycles. The highest BCUT2D eigenvalue weighted by atomic mass is 127. The van der Waals surface area contributed by atoms with Crippen LogP contribution in [0.15, 0.2) is 66.2 Å². The van der Waals surface area contributed by atoms with Gasteiger partial charge in [0, 0.05) is 13.0 Å². The van der Waals surface area contributed by atoms with E-state index in [4.69, 9.17) is 9.73 Å². The van der Waals surface area contributed by atoms with Gasteiger partial charge in [0.1, 0.15) is 24.5 Å². The molecule has 0 fully saturated rings. The Morgan fingerprint density at radius 1 is 1.17 bits per heavy atom. The smallest absolute Gasteiger partial charge is 0.191 e. The van der Waals surface area contributed by atoms with Crippen molar-refractivity contribution >= 4 is 29.9 Å². The van der Waals surface area contributed by atoms with Crippen molar-refractivity contribution in [1.29, 1.82) is 0 Å². The molecular formula is C21H25IN6O. The molecule has 152 valence electrons. The van der Waals surface area contributed by atoms with Crippen molar-refractivity contribution in [2.75, 3.05) is 13.1 Å². The number of guanidine groups is 1. The van der Waals surface area contributed by atoms with E-state index in [2.05, 4.69) is 51.9 Å². The molecule has 2 aromatic carbocycles. The SMILES string of the molecule is CCNC(=NCc1ccc(-n2cncn2)cc1)NCC1Cc2ccccc2O1.I. The average molecular weight is 504 g/mol. The minimum absolute atomic E-state index is 0. The highest BCUT2D eigenvalue weighted by Gasteiger charge is 2.22. The first-order valence-electron chi connectivity index (χ1n) is 9.52. The number of hydrogen-bond acceptors (Lipinski definition) is 4. The monoisotopic (exact) mass is 504 g/mol. The highest BCUT2D eigenvalue weighted by molar-refractivity contribution is 14.0. The van der Waals surface area contributed by atoms with Crippen LogP contribution in [-0.4, -0.2) is 39.9 Å². The van der Waals surface area contributed by atoms with Crippen molar-refractivity contribution in [2.45, 2.75) is 26.0 Å². The maximum absolute atomic E-state index is 5.99. The molecule has 1 aliphatic heterocycles. The highest BCUT2D eigenvalue weighted by Crippen LogP contribution is 2.27. The van der Waals surface area contributed by atoms with Gasteiger partial charge < -0.3 is 15.4 Å². The summed E-state index contributed by atoms with van der Waals surface area (Å²) in [6.07, 6.45) is 4.26. The largest absolute Gasteiger partial charge is 0.488 e. The van der Waals surface area contributed by atoms with E-state index in [1.165, 1.54) is 11.9 Å². The van der Waals surface area contributed by atoms with E-state index in [1.54, 1.807) is 11.0 Å². The molecule has 4 rings (SSSR count). The molecule has 0 amide bonds. The van der Waals surface area contributed by atoms with Crippen LogP contribution in [0.3, 0.4) is 0 Å². The van der Waals surface area contributed by atoms with Crippen LogP contribution in [0.5, 0.6) is 5.75 Å². The van der Waals surface area contributed by atoms with Gasteiger partial charge in [-0.25, -0.2) is 14.7 Å². The van der Waals surface area contributed by atoms with E-state index in [1.807, 2.05) is 24.3 Å². The summed E-state index contributed by atoms with van der Waals surface area (Å²) in [6.45, 7) is 4.18. The van der Waals surface area contributed by atoms with Gasteiger partial charge in [0.15, 0.2) is 5.96 Å². The van der Waals surface area contributed by atoms with Crippen LogP contribution in [0.2, 0.25) is 0 Å². The second-order valence-corrected chi connectivity index (χ2v) is 6.63. The molecule has 0 radical (unpaired) electrons. The van der Waals surface area contributed by atoms with Crippen molar-refractivity contribution in [2.24, 2.45) is 4.99 Å². The fourth-order valence-corrected chi connectivity index (χ4v) is 3.19. The third kappa shape index (κ3) is 5.47. The number of ether oxygens (including phenoxy) is 1. The van der Waals surface area contributed by atoms with E-state index in [0.717, 1.165) is 35.9 Å². The second-order valence-electron chi connectivity index (χ2n) is 6.63. The van der Waals surface area contributed by atoms with Gasteiger partial charge in [-0.3, -0.25) is 0 Å². The summed E-state index contributed by atoms with van der Waals surface area (Å²) in [7, 11) is 0. The van der Waals surface area contributed by atoms with Crippen LogP contribution in [-0.2, 0) is 13.0 Å². The number of halogens is 1. The standard InChI is InChI=1S/C21H24N6O.HI/c1-2-23-21(25-13-19-11-17-5-3-4-6-20(17)28-19)24-12-16-7-9-18(10-8-16)27-15-22-14-26-27;/h3-10,14-15,19H,2,11-13H2,1H3,(H2,23,24,25);1H. The number of benzene rings is 2. The van der Waals surface area contributed by atoms with Gasteiger partial charge in [0.2, 0.25) is 0 Å². The lowest BCUT2D eigenvalue weighted by Gasteiger charge is -2.15. The lowest BCUT2D eigenvalue weighted by molar-refractivity contribution is 0.235. The van der Waals surface area contributed by atoms with E-state index in [9.17, 15) is 0 Å². The lowest BCUT2D eigenvalue weighted by atomic mass is 10.1. The molecule has 3 aromatic rings. The molecule has 1 unspecified atom stereocenters. The Morgan fingerprint density at radius 3 is 2.72 bits per heavy atom. The number of fused-ring (bicyclic) bond motifs is 1. The molecule has 8 heteroatoms. The molecule has 0 saturated heterocycles. The van der Waals surface area contributed by atoms with Gasteiger partial charge in [-0.15, -0.1) is 24.0 Å². The Balaban J connectivity index is 0.00000240. The summed E-state index contributed by atoms with van der Waals surface area (Å²) in [5.41, 5.74) is 3.38. The molecule has 2 heterocycles. The first-order valence-corrected chi connectivity index (χ1v) is 9.52. The van der Waals surface area contributed by atoms with Crippen molar-refractivity contribution in [3.05, 3.63) is 72.3 Å².